The van der Waals surface area contributed by atoms with Crippen molar-refractivity contribution in [3.63, 3.8) is 0 Å². The average Bonchev–Trinajstić information content (AvgIpc) is 3.14. The van der Waals surface area contributed by atoms with Crippen molar-refractivity contribution < 1.29 is 18.7 Å². The lowest BCUT2D eigenvalue weighted by molar-refractivity contribution is -0.145. The SMILES string of the molecule is COc1ccc(-c2sc3c(c2C)c(=O)c(C(C)OC(C)=O)cn3Cc2ccccc2F)cc1. The van der Waals surface area contributed by atoms with E-state index in [1.54, 1.807) is 38.4 Å². The molecule has 0 radical (unpaired) electrons. The number of benzene rings is 2. The van der Waals surface area contributed by atoms with Gasteiger partial charge in [0.25, 0.3) is 0 Å². The Labute approximate surface area is 195 Å². The largest absolute Gasteiger partial charge is 0.497 e. The van der Waals surface area contributed by atoms with Gasteiger partial charge in [-0.3, -0.25) is 9.59 Å². The number of fused-ring (bicyclic) bond motifs is 1. The van der Waals surface area contributed by atoms with Gasteiger partial charge in [-0.2, -0.15) is 0 Å². The maximum Gasteiger partial charge on any atom is 0.303 e. The second kappa shape index (κ2) is 9.19. The van der Waals surface area contributed by atoms with E-state index in [9.17, 15) is 14.0 Å². The number of carbonyl (C=O) groups is 1. The highest BCUT2D eigenvalue weighted by atomic mass is 32.1. The van der Waals surface area contributed by atoms with Crippen LogP contribution in [0.25, 0.3) is 20.7 Å². The zero-order valence-corrected chi connectivity index (χ0v) is 19.7. The molecule has 2 aromatic carbocycles. The van der Waals surface area contributed by atoms with Gasteiger partial charge in [0.1, 0.15) is 22.5 Å². The topological polar surface area (TPSA) is 57.5 Å². The Kier molecular flexibility index (Phi) is 6.33. The van der Waals surface area contributed by atoms with Crippen molar-refractivity contribution in [3.05, 3.63) is 87.5 Å². The minimum Gasteiger partial charge on any atom is -0.497 e. The molecule has 0 aliphatic rings. The van der Waals surface area contributed by atoms with Gasteiger partial charge < -0.3 is 14.0 Å². The lowest BCUT2D eigenvalue weighted by Crippen LogP contribution is -2.19. The highest BCUT2D eigenvalue weighted by Gasteiger charge is 2.22. The molecule has 33 heavy (non-hydrogen) atoms. The van der Waals surface area contributed by atoms with E-state index in [2.05, 4.69) is 0 Å². The molecule has 4 aromatic rings. The van der Waals surface area contributed by atoms with Gasteiger partial charge in [0.15, 0.2) is 5.43 Å². The summed E-state index contributed by atoms with van der Waals surface area (Å²) in [6.45, 7) is 5.13. The summed E-state index contributed by atoms with van der Waals surface area (Å²) in [6, 6.07) is 14.2. The number of pyridine rings is 1. The molecule has 0 saturated carbocycles. The number of hydrogen-bond acceptors (Lipinski definition) is 5. The van der Waals surface area contributed by atoms with E-state index in [1.165, 1.54) is 24.3 Å². The van der Waals surface area contributed by atoms with E-state index in [1.807, 2.05) is 35.8 Å². The van der Waals surface area contributed by atoms with Crippen molar-refractivity contribution in [1.29, 1.82) is 0 Å². The fourth-order valence-corrected chi connectivity index (χ4v) is 5.23. The van der Waals surface area contributed by atoms with Crippen LogP contribution in [0.5, 0.6) is 5.75 Å². The number of aromatic nitrogens is 1. The molecule has 0 amide bonds. The van der Waals surface area contributed by atoms with Crippen LogP contribution in [0.1, 0.15) is 36.6 Å². The number of aryl methyl sites for hydroxylation is 1. The predicted molar refractivity (Wildman–Crippen MR) is 128 cm³/mol. The number of methoxy groups -OCH3 is 1. The molecule has 0 bridgehead atoms. The molecule has 2 aromatic heterocycles. The van der Waals surface area contributed by atoms with Gasteiger partial charge >= 0.3 is 5.97 Å². The molecule has 170 valence electrons. The van der Waals surface area contributed by atoms with Crippen LogP contribution in [0.3, 0.4) is 0 Å². The van der Waals surface area contributed by atoms with Crippen molar-refractivity contribution >= 4 is 27.5 Å². The first-order chi connectivity index (χ1) is 15.8. The first-order valence-corrected chi connectivity index (χ1v) is 11.3. The summed E-state index contributed by atoms with van der Waals surface area (Å²) in [5.41, 5.74) is 2.48. The number of thiophene rings is 1. The highest BCUT2D eigenvalue weighted by molar-refractivity contribution is 7.22. The van der Waals surface area contributed by atoms with Gasteiger partial charge in [0, 0.05) is 23.6 Å². The lowest BCUT2D eigenvalue weighted by Gasteiger charge is -2.16. The van der Waals surface area contributed by atoms with Crippen molar-refractivity contribution in [2.45, 2.75) is 33.4 Å². The fraction of sp³-hybridized carbons (Fsp3) is 0.231. The van der Waals surface area contributed by atoms with Crippen molar-refractivity contribution in [2.24, 2.45) is 0 Å². The molecule has 1 unspecified atom stereocenters. The first kappa shape index (κ1) is 22.7. The number of nitrogens with zero attached hydrogens (tertiary/aromatic N) is 1. The van der Waals surface area contributed by atoms with Gasteiger partial charge in [-0.15, -0.1) is 11.3 Å². The highest BCUT2D eigenvalue weighted by Crippen LogP contribution is 2.38. The van der Waals surface area contributed by atoms with Gasteiger partial charge in [-0.05, 0) is 55.3 Å². The quantitative estimate of drug-likeness (QED) is 0.335. The van der Waals surface area contributed by atoms with Crippen molar-refractivity contribution in [1.82, 2.24) is 4.57 Å². The maximum atomic E-state index is 14.5. The zero-order chi connectivity index (χ0) is 23.7. The standard InChI is InChI=1S/C26H24FNO4S/c1-15-23-24(30)21(16(2)32-17(3)29)14-28(13-19-7-5-6-8-22(19)27)26(23)33-25(15)18-9-11-20(31-4)12-10-18/h5-12,14,16H,13H2,1-4H3. The van der Waals surface area contributed by atoms with Gasteiger partial charge in [-0.25, -0.2) is 4.39 Å². The van der Waals surface area contributed by atoms with Crippen LogP contribution in [0.2, 0.25) is 0 Å². The van der Waals surface area contributed by atoms with Gasteiger partial charge in [0.05, 0.1) is 24.6 Å². The lowest BCUT2D eigenvalue weighted by atomic mass is 10.0. The fourth-order valence-electron chi connectivity index (χ4n) is 3.94. The van der Waals surface area contributed by atoms with E-state index >= 15 is 0 Å². The van der Waals surface area contributed by atoms with Crippen molar-refractivity contribution in [2.75, 3.05) is 7.11 Å². The summed E-state index contributed by atoms with van der Waals surface area (Å²) in [4.78, 5) is 26.7. The van der Waals surface area contributed by atoms with Gasteiger partial charge in [0.2, 0.25) is 0 Å². The summed E-state index contributed by atoms with van der Waals surface area (Å²) in [6.07, 6.45) is 0.952. The molecular formula is C26H24FNO4S. The molecule has 5 nitrogen and oxygen atoms in total. The Morgan fingerprint density at radius 1 is 1.15 bits per heavy atom. The van der Waals surface area contributed by atoms with Crippen LogP contribution in [-0.4, -0.2) is 17.6 Å². The Balaban J connectivity index is 1.95. The molecule has 0 saturated heterocycles. The number of esters is 1. The Hall–Kier alpha value is -3.45. The summed E-state index contributed by atoms with van der Waals surface area (Å²) < 4.78 is 26.9. The normalized spacial score (nSPS) is 12.0. The van der Waals surface area contributed by atoms with Crippen molar-refractivity contribution in [3.8, 4) is 16.2 Å². The molecule has 0 aliphatic heterocycles. The van der Waals surface area contributed by atoms with E-state index < -0.39 is 12.1 Å². The Morgan fingerprint density at radius 3 is 2.48 bits per heavy atom. The molecular weight excluding hydrogens is 441 g/mol. The number of halogens is 1. The maximum absolute atomic E-state index is 14.5. The number of carbonyl (C=O) groups excluding carboxylic acids is 1. The van der Waals surface area contributed by atoms with Crippen LogP contribution in [0.15, 0.2) is 59.5 Å². The summed E-state index contributed by atoms with van der Waals surface area (Å²) in [5, 5.41) is 0.554. The van der Waals surface area contributed by atoms with E-state index in [-0.39, 0.29) is 17.8 Å². The van der Waals surface area contributed by atoms with Gasteiger partial charge in [-0.1, -0.05) is 18.2 Å². The summed E-state index contributed by atoms with van der Waals surface area (Å²) in [5.74, 6) is -0.0414. The molecule has 0 spiro atoms. The molecule has 1 atom stereocenters. The third-order valence-electron chi connectivity index (χ3n) is 5.60. The van der Waals surface area contributed by atoms with Crippen LogP contribution >= 0.6 is 11.3 Å². The average molecular weight is 466 g/mol. The number of ether oxygens (including phenoxy) is 2. The smallest absolute Gasteiger partial charge is 0.303 e. The number of rotatable bonds is 6. The number of hydrogen-bond donors (Lipinski definition) is 0. The predicted octanol–water partition coefficient (Wildman–Crippen LogP) is 5.86. The second-order valence-corrected chi connectivity index (χ2v) is 8.85. The minimum absolute atomic E-state index is 0.183. The van der Waals surface area contributed by atoms with Crippen LogP contribution in [-0.2, 0) is 16.1 Å². The molecule has 0 fully saturated rings. The molecule has 0 aliphatic carbocycles. The Morgan fingerprint density at radius 2 is 1.85 bits per heavy atom. The monoisotopic (exact) mass is 465 g/mol. The first-order valence-electron chi connectivity index (χ1n) is 10.5. The molecule has 2 heterocycles. The molecule has 0 N–H and O–H groups in total. The summed E-state index contributed by atoms with van der Waals surface area (Å²) >= 11 is 1.48. The summed E-state index contributed by atoms with van der Waals surface area (Å²) in [7, 11) is 1.61. The third kappa shape index (κ3) is 4.41. The van der Waals surface area contributed by atoms with E-state index in [0.717, 1.165) is 26.6 Å². The van der Waals surface area contributed by atoms with Crippen LogP contribution in [0.4, 0.5) is 4.39 Å². The second-order valence-electron chi connectivity index (χ2n) is 7.85. The third-order valence-corrected chi connectivity index (χ3v) is 6.98. The Bertz CT molecular complexity index is 1390. The molecule has 7 heteroatoms. The minimum atomic E-state index is -0.727. The van der Waals surface area contributed by atoms with Crippen LogP contribution < -0.4 is 10.2 Å². The van der Waals surface area contributed by atoms with Crippen LogP contribution in [0, 0.1) is 12.7 Å². The van der Waals surface area contributed by atoms with E-state index in [0.29, 0.717) is 16.5 Å². The van der Waals surface area contributed by atoms with E-state index in [4.69, 9.17) is 9.47 Å². The zero-order valence-electron chi connectivity index (χ0n) is 18.8. The molecule has 4 rings (SSSR count).